The zero-order valence-electron chi connectivity index (χ0n) is 15.5. The molecule has 0 amide bonds. The molecule has 0 radical (unpaired) electrons. The third-order valence-electron chi connectivity index (χ3n) is 4.16. The van der Waals surface area contributed by atoms with Gasteiger partial charge in [-0.25, -0.2) is 9.97 Å². The average molecular weight is 406 g/mol. The molecule has 3 N–H and O–H groups in total. The summed E-state index contributed by atoms with van der Waals surface area (Å²) in [6, 6.07) is 14.2. The lowest BCUT2D eigenvalue weighted by atomic mass is 10.1. The maximum Gasteiger partial charge on any atom is 0.167 e. The van der Waals surface area contributed by atoms with Crippen molar-refractivity contribution in [1.82, 2.24) is 9.97 Å². The third kappa shape index (κ3) is 3.83. The fraction of sp³-hybridized carbons (Fsp3) is 0.0952. The molecule has 2 aromatic heterocycles. The number of hydrogen-bond acceptors (Lipinski definition) is 8. The van der Waals surface area contributed by atoms with E-state index in [1.807, 2.05) is 31.2 Å². The number of para-hydroxylation sites is 1. The number of thiophene rings is 1. The van der Waals surface area contributed by atoms with Crippen LogP contribution in [-0.2, 0) is 0 Å². The van der Waals surface area contributed by atoms with E-state index in [1.54, 1.807) is 30.5 Å². The standard InChI is InChI=1S/C21H18N4O3S/c1-2-28-16-6-4-3-5-15(16)19-18(27)17-20(29-19)21(23-12-22-17)25-24-11-13-7-9-14(26)10-8-13/h3-12,26-27H,2H2,1H3,(H,22,23,25)/b24-11+. The lowest BCUT2D eigenvalue weighted by molar-refractivity contribution is 0.341. The summed E-state index contributed by atoms with van der Waals surface area (Å²) < 4.78 is 6.39. The molecule has 0 unspecified atom stereocenters. The van der Waals surface area contributed by atoms with E-state index in [4.69, 9.17) is 4.74 Å². The molecule has 2 aromatic carbocycles. The van der Waals surface area contributed by atoms with Gasteiger partial charge in [0.2, 0.25) is 0 Å². The van der Waals surface area contributed by atoms with E-state index < -0.39 is 0 Å². The second-order valence-corrected chi connectivity index (χ2v) is 7.09. The van der Waals surface area contributed by atoms with Crippen LogP contribution in [0.1, 0.15) is 12.5 Å². The van der Waals surface area contributed by atoms with E-state index >= 15 is 0 Å². The topological polar surface area (TPSA) is 99.9 Å². The van der Waals surface area contributed by atoms with E-state index in [1.165, 1.54) is 17.7 Å². The highest BCUT2D eigenvalue weighted by molar-refractivity contribution is 7.23. The van der Waals surface area contributed by atoms with Gasteiger partial charge in [0.25, 0.3) is 0 Å². The summed E-state index contributed by atoms with van der Waals surface area (Å²) in [6.07, 6.45) is 3.00. The zero-order chi connectivity index (χ0) is 20.2. The highest BCUT2D eigenvalue weighted by Crippen LogP contribution is 2.47. The number of phenolic OH excluding ortho intramolecular Hbond substituents is 1. The Hall–Kier alpha value is -3.65. The Labute approximate surface area is 171 Å². The molecule has 0 aliphatic rings. The lowest BCUT2D eigenvalue weighted by Gasteiger charge is -2.08. The maximum absolute atomic E-state index is 10.8. The maximum atomic E-state index is 10.8. The largest absolute Gasteiger partial charge is 0.508 e. The first-order valence-electron chi connectivity index (χ1n) is 8.94. The predicted octanol–water partition coefficient (Wildman–Crippen LogP) is 4.61. The molecule has 0 spiro atoms. The highest BCUT2D eigenvalue weighted by Gasteiger charge is 2.19. The molecule has 0 saturated heterocycles. The first kappa shape index (κ1) is 18.7. The number of anilines is 1. The third-order valence-corrected chi connectivity index (χ3v) is 5.36. The zero-order valence-corrected chi connectivity index (χ0v) is 16.3. The normalized spacial score (nSPS) is 11.2. The number of rotatable bonds is 6. The predicted molar refractivity (Wildman–Crippen MR) is 115 cm³/mol. The van der Waals surface area contributed by atoms with Gasteiger partial charge in [-0.1, -0.05) is 12.1 Å². The minimum absolute atomic E-state index is 0.0881. The Morgan fingerprint density at radius 3 is 2.69 bits per heavy atom. The number of phenols is 1. The van der Waals surface area contributed by atoms with Gasteiger partial charge in [-0.15, -0.1) is 11.3 Å². The first-order chi connectivity index (χ1) is 14.2. The number of aromatic nitrogens is 2. The van der Waals surface area contributed by atoms with Crippen LogP contribution in [0.3, 0.4) is 0 Å². The van der Waals surface area contributed by atoms with Crippen LogP contribution in [0.25, 0.3) is 20.7 Å². The van der Waals surface area contributed by atoms with Crippen molar-refractivity contribution in [2.45, 2.75) is 6.92 Å². The minimum Gasteiger partial charge on any atom is -0.508 e. The Balaban J connectivity index is 1.69. The summed E-state index contributed by atoms with van der Waals surface area (Å²) in [5, 5.41) is 24.3. The number of fused-ring (bicyclic) bond motifs is 1. The average Bonchev–Trinajstić information content (AvgIpc) is 3.08. The summed E-state index contributed by atoms with van der Waals surface area (Å²) in [5.74, 6) is 1.47. The van der Waals surface area contributed by atoms with Gasteiger partial charge in [-0.2, -0.15) is 5.10 Å². The highest BCUT2D eigenvalue weighted by atomic mass is 32.1. The quantitative estimate of drug-likeness (QED) is 0.319. The van der Waals surface area contributed by atoms with Gasteiger partial charge >= 0.3 is 0 Å². The van der Waals surface area contributed by atoms with Gasteiger partial charge in [0, 0.05) is 5.56 Å². The molecule has 0 aliphatic heterocycles. The summed E-state index contributed by atoms with van der Waals surface area (Å²) in [5.41, 5.74) is 4.98. The number of hydrazone groups is 1. The van der Waals surface area contributed by atoms with Crippen LogP contribution in [0.2, 0.25) is 0 Å². The van der Waals surface area contributed by atoms with Crippen molar-refractivity contribution in [3.8, 4) is 27.7 Å². The van der Waals surface area contributed by atoms with Gasteiger partial charge < -0.3 is 14.9 Å². The minimum atomic E-state index is 0.0881. The Bertz CT molecular complexity index is 1170. The Morgan fingerprint density at radius 2 is 1.90 bits per heavy atom. The van der Waals surface area contributed by atoms with Gasteiger partial charge in [0.1, 0.15) is 28.0 Å². The van der Waals surface area contributed by atoms with Crippen molar-refractivity contribution in [2.75, 3.05) is 12.0 Å². The molecule has 8 heteroatoms. The van der Waals surface area contributed by atoms with Crippen LogP contribution in [-0.4, -0.2) is 33.0 Å². The van der Waals surface area contributed by atoms with Gasteiger partial charge in [0.15, 0.2) is 11.6 Å². The van der Waals surface area contributed by atoms with E-state index in [-0.39, 0.29) is 11.5 Å². The van der Waals surface area contributed by atoms with Crippen molar-refractivity contribution in [3.05, 3.63) is 60.4 Å². The molecule has 0 bridgehead atoms. The molecule has 0 aliphatic carbocycles. The second kappa shape index (κ2) is 8.15. The van der Waals surface area contributed by atoms with Gasteiger partial charge in [-0.3, -0.25) is 5.43 Å². The van der Waals surface area contributed by atoms with E-state index in [0.717, 1.165) is 11.1 Å². The summed E-state index contributed by atoms with van der Waals surface area (Å²) in [4.78, 5) is 9.14. The molecule has 146 valence electrons. The monoisotopic (exact) mass is 406 g/mol. The molecule has 7 nitrogen and oxygen atoms in total. The number of benzene rings is 2. The molecule has 2 heterocycles. The van der Waals surface area contributed by atoms with E-state index in [0.29, 0.717) is 33.3 Å². The smallest absolute Gasteiger partial charge is 0.167 e. The fourth-order valence-electron chi connectivity index (χ4n) is 2.82. The molecule has 0 atom stereocenters. The Morgan fingerprint density at radius 1 is 1.10 bits per heavy atom. The van der Waals surface area contributed by atoms with E-state index in [9.17, 15) is 10.2 Å². The SMILES string of the molecule is CCOc1ccccc1-c1sc2c(N/N=C/c3ccc(O)cc3)ncnc2c1O. The number of ether oxygens (including phenoxy) is 1. The van der Waals surface area contributed by atoms with Crippen LogP contribution < -0.4 is 10.2 Å². The van der Waals surface area contributed by atoms with Gasteiger partial charge in [-0.05, 0) is 48.9 Å². The van der Waals surface area contributed by atoms with Crippen molar-refractivity contribution in [1.29, 1.82) is 0 Å². The summed E-state index contributed by atoms with van der Waals surface area (Å²) in [7, 11) is 0. The molecule has 29 heavy (non-hydrogen) atoms. The van der Waals surface area contributed by atoms with Crippen molar-refractivity contribution in [2.24, 2.45) is 5.10 Å². The molecular weight excluding hydrogens is 388 g/mol. The van der Waals surface area contributed by atoms with Crippen LogP contribution in [0.15, 0.2) is 60.0 Å². The Kier molecular flexibility index (Phi) is 5.26. The lowest BCUT2D eigenvalue weighted by Crippen LogP contribution is -1.94. The fourth-order valence-corrected chi connectivity index (χ4v) is 3.94. The van der Waals surface area contributed by atoms with Crippen LogP contribution >= 0.6 is 11.3 Å². The number of nitrogens with zero attached hydrogens (tertiary/aromatic N) is 3. The molecular formula is C21H18N4O3S. The molecule has 4 aromatic rings. The number of hydrogen-bond donors (Lipinski definition) is 3. The number of nitrogens with one attached hydrogen (secondary N) is 1. The molecule has 4 rings (SSSR count). The first-order valence-corrected chi connectivity index (χ1v) is 9.75. The molecule has 0 fully saturated rings. The van der Waals surface area contributed by atoms with Crippen molar-refractivity contribution in [3.63, 3.8) is 0 Å². The van der Waals surface area contributed by atoms with E-state index in [2.05, 4.69) is 20.5 Å². The van der Waals surface area contributed by atoms with Gasteiger partial charge in [0.05, 0.1) is 17.7 Å². The molecule has 0 saturated carbocycles. The van der Waals surface area contributed by atoms with Crippen molar-refractivity contribution >= 4 is 33.6 Å². The van der Waals surface area contributed by atoms with Crippen molar-refractivity contribution < 1.29 is 14.9 Å². The van der Waals surface area contributed by atoms with Crippen LogP contribution in [0.5, 0.6) is 17.2 Å². The second-order valence-electron chi connectivity index (χ2n) is 6.07. The summed E-state index contributed by atoms with van der Waals surface area (Å²) in [6.45, 7) is 2.45. The summed E-state index contributed by atoms with van der Waals surface area (Å²) >= 11 is 1.37. The van der Waals surface area contributed by atoms with Crippen LogP contribution in [0.4, 0.5) is 5.82 Å². The van der Waals surface area contributed by atoms with Crippen LogP contribution in [0, 0.1) is 0 Å². The number of aromatic hydroxyl groups is 2.